The van der Waals surface area contributed by atoms with Gasteiger partial charge < -0.3 is 10.4 Å². The lowest BCUT2D eigenvalue weighted by Gasteiger charge is -2.23. The fraction of sp³-hybridized carbons (Fsp3) is 0.500. The van der Waals surface area contributed by atoms with Crippen molar-refractivity contribution in [1.82, 2.24) is 10.2 Å². The number of phenolic OH excluding ortho intramolecular Hbond substituents is 1. The molecule has 3 nitrogen and oxygen atoms in total. The number of likely N-dealkylation sites (N-methyl/N-ethyl adjacent to an activating group) is 1. The van der Waals surface area contributed by atoms with E-state index in [1.807, 2.05) is 18.2 Å². The largest absolute Gasteiger partial charge is 0.508 e. The zero-order valence-corrected chi connectivity index (χ0v) is 9.11. The van der Waals surface area contributed by atoms with Crippen LogP contribution in [0, 0.1) is 0 Å². The Morgan fingerprint density at radius 1 is 1.47 bits per heavy atom. The number of aromatic hydroxyl groups is 1. The first-order valence-corrected chi connectivity index (χ1v) is 5.45. The second kappa shape index (κ2) is 4.64. The molecule has 2 N–H and O–H groups in total. The van der Waals surface area contributed by atoms with E-state index < -0.39 is 0 Å². The van der Waals surface area contributed by atoms with E-state index in [9.17, 15) is 5.11 Å². The molecular formula is C12H18N2O. The molecule has 1 saturated heterocycles. The van der Waals surface area contributed by atoms with Gasteiger partial charge in [-0.25, -0.2) is 0 Å². The van der Waals surface area contributed by atoms with Crippen molar-refractivity contribution in [2.24, 2.45) is 0 Å². The van der Waals surface area contributed by atoms with E-state index in [-0.39, 0.29) is 0 Å². The lowest BCUT2D eigenvalue weighted by Crippen LogP contribution is -2.32. The van der Waals surface area contributed by atoms with Crippen LogP contribution >= 0.6 is 0 Å². The van der Waals surface area contributed by atoms with Crippen molar-refractivity contribution in [2.45, 2.75) is 19.0 Å². The van der Waals surface area contributed by atoms with Crippen LogP contribution in [0.15, 0.2) is 24.3 Å². The Hall–Kier alpha value is -1.06. The molecule has 0 radical (unpaired) electrons. The molecule has 0 bridgehead atoms. The van der Waals surface area contributed by atoms with Crippen molar-refractivity contribution >= 4 is 0 Å². The van der Waals surface area contributed by atoms with E-state index in [0.717, 1.165) is 25.2 Å². The fourth-order valence-electron chi connectivity index (χ4n) is 2.06. The van der Waals surface area contributed by atoms with Gasteiger partial charge in [-0.2, -0.15) is 0 Å². The molecule has 1 fully saturated rings. The van der Waals surface area contributed by atoms with Crippen molar-refractivity contribution in [3.63, 3.8) is 0 Å². The summed E-state index contributed by atoms with van der Waals surface area (Å²) in [5.74, 6) is 0.398. The number of hydrogen-bond acceptors (Lipinski definition) is 3. The van der Waals surface area contributed by atoms with Gasteiger partial charge in [0.05, 0.1) is 0 Å². The summed E-state index contributed by atoms with van der Waals surface area (Å²) >= 11 is 0. The minimum atomic E-state index is 0.398. The van der Waals surface area contributed by atoms with Gasteiger partial charge in [-0.1, -0.05) is 18.2 Å². The first-order chi connectivity index (χ1) is 7.27. The van der Waals surface area contributed by atoms with E-state index in [4.69, 9.17) is 0 Å². The summed E-state index contributed by atoms with van der Waals surface area (Å²) in [6, 6.07) is 8.15. The van der Waals surface area contributed by atoms with E-state index in [1.54, 1.807) is 6.07 Å². The van der Waals surface area contributed by atoms with Crippen molar-refractivity contribution in [2.75, 3.05) is 20.1 Å². The maximum Gasteiger partial charge on any atom is 0.120 e. The standard InChI is InChI=1S/C12H18N2O/c1-14(11-6-7-13-8-11)9-10-4-2-3-5-12(10)15/h2-5,11,13,15H,6-9H2,1H3. The van der Waals surface area contributed by atoms with Crippen LogP contribution in [-0.4, -0.2) is 36.2 Å². The summed E-state index contributed by atoms with van der Waals surface area (Å²) in [6.45, 7) is 2.99. The number of hydrogen-bond donors (Lipinski definition) is 2. The molecule has 0 amide bonds. The second-order valence-electron chi connectivity index (χ2n) is 4.19. The zero-order valence-electron chi connectivity index (χ0n) is 9.11. The number of nitrogens with zero attached hydrogens (tertiary/aromatic N) is 1. The Morgan fingerprint density at radius 2 is 2.27 bits per heavy atom. The van der Waals surface area contributed by atoms with Crippen LogP contribution in [0.1, 0.15) is 12.0 Å². The topological polar surface area (TPSA) is 35.5 Å². The van der Waals surface area contributed by atoms with Crippen molar-refractivity contribution < 1.29 is 5.11 Å². The van der Waals surface area contributed by atoms with Crippen LogP contribution in [0.4, 0.5) is 0 Å². The van der Waals surface area contributed by atoms with Gasteiger partial charge in [0.15, 0.2) is 0 Å². The highest BCUT2D eigenvalue weighted by atomic mass is 16.3. The molecule has 15 heavy (non-hydrogen) atoms. The van der Waals surface area contributed by atoms with Gasteiger partial charge in [-0.15, -0.1) is 0 Å². The second-order valence-corrected chi connectivity index (χ2v) is 4.19. The molecule has 0 spiro atoms. The third kappa shape index (κ3) is 2.49. The summed E-state index contributed by atoms with van der Waals surface area (Å²) in [4.78, 5) is 2.30. The predicted octanol–water partition coefficient (Wildman–Crippen LogP) is 1.19. The average Bonchev–Trinajstić information content (AvgIpc) is 2.74. The molecule has 1 atom stereocenters. The monoisotopic (exact) mass is 206 g/mol. The highest BCUT2D eigenvalue weighted by Gasteiger charge is 2.19. The van der Waals surface area contributed by atoms with Crippen molar-refractivity contribution in [1.29, 1.82) is 0 Å². The van der Waals surface area contributed by atoms with Crippen LogP contribution in [-0.2, 0) is 6.54 Å². The Morgan fingerprint density at radius 3 is 2.93 bits per heavy atom. The molecule has 1 heterocycles. The molecular weight excluding hydrogens is 188 g/mol. The quantitative estimate of drug-likeness (QED) is 0.779. The molecule has 1 aliphatic heterocycles. The maximum atomic E-state index is 9.66. The van der Waals surface area contributed by atoms with Gasteiger partial charge in [0.2, 0.25) is 0 Å². The lowest BCUT2D eigenvalue weighted by atomic mass is 10.1. The summed E-state index contributed by atoms with van der Waals surface area (Å²) < 4.78 is 0. The Balaban J connectivity index is 1.99. The zero-order chi connectivity index (χ0) is 10.7. The van der Waals surface area contributed by atoms with Gasteiger partial charge in [0, 0.05) is 24.7 Å². The Labute approximate surface area is 90.7 Å². The van der Waals surface area contributed by atoms with Crippen LogP contribution in [0.25, 0.3) is 0 Å². The molecule has 0 aliphatic carbocycles. The number of para-hydroxylation sites is 1. The van der Waals surface area contributed by atoms with Gasteiger partial charge in [-0.3, -0.25) is 4.90 Å². The molecule has 2 rings (SSSR count). The van der Waals surface area contributed by atoms with Crippen LogP contribution in [0.2, 0.25) is 0 Å². The number of benzene rings is 1. The molecule has 82 valence electrons. The molecule has 1 aromatic rings. The average molecular weight is 206 g/mol. The SMILES string of the molecule is CN(Cc1ccccc1O)C1CCNC1. The summed E-state index contributed by atoms with van der Waals surface area (Å²) in [5.41, 5.74) is 1.01. The van der Waals surface area contributed by atoms with Crippen LogP contribution in [0.5, 0.6) is 5.75 Å². The van der Waals surface area contributed by atoms with E-state index >= 15 is 0 Å². The predicted molar refractivity (Wildman–Crippen MR) is 60.8 cm³/mol. The van der Waals surface area contributed by atoms with E-state index in [2.05, 4.69) is 17.3 Å². The highest BCUT2D eigenvalue weighted by Crippen LogP contribution is 2.19. The summed E-state index contributed by atoms with van der Waals surface area (Å²) in [5, 5.41) is 13.0. The number of rotatable bonds is 3. The summed E-state index contributed by atoms with van der Waals surface area (Å²) in [6.07, 6.45) is 1.20. The van der Waals surface area contributed by atoms with Crippen LogP contribution < -0.4 is 5.32 Å². The minimum Gasteiger partial charge on any atom is -0.508 e. The summed E-state index contributed by atoms with van der Waals surface area (Å²) in [7, 11) is 2.12. The van der Waals surface area contributed by atoms with Gasteiger partial charge in [-0.05, 0) is 26.1 Å². The van der Waals surface area contributed by atoms with E-state index in [1.165, 1.54) is 6.42 Å². The molecule has 1 aromatic carbocycles. The van der Waals surface area contributed by atoms with E-state index in [0.29, 0.717) is 11.8 Å². The van der Waals surface area contributed by atoms with Gasteiger partial charge in [0.25, 0.3) is 0 Å². The third-order valence-electron chi connectivity index (χ3n) is 3.07. The smallest absolute Gasteiger partial charge is 0.120 e. The highest BCUT2D eigenvalue weighted by molar-refractivity contribution is 5.31. The minimum absolute atomic E-state index is 0.398. The Bertz CT molecular complexity index is 321. The fourth-order valence-corrected chi connectivity index (χ4v) is 2.06. The van der Waals surface area contributed by atoms with Crippen molar-refractivity contribution in [3.05, 3.63) is 29.8 Å². The number of nitrogens with one attached hydrogen (secondary N) is 1. The third-order valence-corrected chi connectivity index (χ3v) is 3.07. The first kappa shape index (κ1) is 10.5. The maximum absolute atomic E-state index is 9.66. The lowest BCUT2D eigenvalue weighted by molar-refractivity contribution is 0.246. The van der Waals surface area contributed by atoms with Crippen molar-refractivity contribution in [3.8, 4) is 5.75 Å². The molecule has 1 unspecified atom stereocenters. The van der Waals surface area contributed by atoms with Crippen LogP contribution in [0.3, 0.4) is 0 Å². The number of phenols is 1. The van der Waals surface area contributed by atoms with Gasteiger partial charge >= 0.3 is 0 Å². The van der Waals surface area contributed by atoms with Gasteiger partial charge in [0.1, 0.15) is 5.75 Å². The molecule has 0 aromatic heterocycles. The Kier molecular flexibility index (Phi) is 3.23. The molecule has 3 heteroatoms. The molecule has 1 aliphatic rings. The normalized spacial score (nSPS) is 21.1. The molecule has 0 saturated carbocycles. The first-order valence-electron chi connectivity index (χ1n) is 5.45.